The second-order valence-corrected chi connectivity index (χ2v) is 6.41. The number of carbonyl (C=O) groups is 1. The van der Waals surface area contributed by atoms with E-state index in [0.29, 0.717) is 0 Å². The van der Waals surface area contributed by atoms with E-state index in [-0.39, 0.29) is 15.2 Å². The van der Waals surface area contributed by atoms with Gasteiger partial charge in [-0.1, -0.05) is 18.2 Å². The molecule has 0 unspecified atom stereocenters. The van der Waals surface area contributed by atoms with E-state index in [2.05, 4.69) is 0 Å². The summed E-state index contributed by atoms with van der Waals surface area (Å²) in [6.45, 7) is 1.17. The summed E-state index contributed by atoms with van der Waals surface area (Å²) in [7, 11) is -4.35. The largest absolute Gasteiger partial charge is 0.464 e. The van der Waals surface area contributed by atoms with Gasteiger partial charge in [0.05, 0.1) is 9.82 Å². The summed E-state index contributed by atoms with van der Waals surface area (Å²) in [5.41, 5.74) is -3.07. The van der Waals surface area contributed by atoms with Gasteiger partial charge >= 0.3 is 17.3 Å². The number of rotatable bonds is 3. The van der Waals surface area contributed by atoms with Crippen LogP contribution >= 0.6 is 0 Å². The molecule has 0 aliphatic carbocycles. The van der Waals surface area contributed by atoms with Gasteiger partial charge in [0.1, 0.15) is 0 Å². The first-order chi connectivity index (χ1) is 10.7. The molecule has 0 saturated heterocycles. The Morgan fingerprint density at radius 2 is 1.83 bits per heavy atom. The first-order valence-electron chi connectivity index (χ1n) is 6.12. The Kier molecular flexibility index (Phi) is 4.02. The molecule has 1 aromatic carbocycles. The zero-order valence-electron chi connectivity index (χ0n) is 11.7. The van der Waals surface area contributed by atoms with Gasteiger partial charge in [-0.25, -0.2) is 17.8 Å². The van der Waals surface area contributed by atoms with Gasteiger partial charge in [-0.15, -0.1) is 0 Å². The molecule has 2 rings (SSSR count). The van der Waals surface area contributed by atoms with Gasteiger partial charge in [0, 0.05) is 5.69 Å². The number of hydrogen-bond donors (Lipinski definition) is 1. The topological polar surface area (TPSA) is 137 Å². The van der Waals surface area contributed by atoms with Gasteiger partial charge in [0.25, 0.3) is 0 Å². The van der Waals surface area contributed by atoms with E-state index in [1.54, 1.807) is 6.07 Å². The molecule has 120 valence electrons. The van der Waals surface area contributed by atoms with Crippen molar-refractivity contribution in [3.8, 4) is 0 Å². The number of hydrogen-bond acceptors (Lipinski definition) is 6. The Labute approximate surface area is 129 Å². The second-order valence-electron chi connectivity index (χ2n) is 4.50. The smallest absolute Gasteiger partial charge is 0.418 e. The number of aromatic nitrogens is 1. The van der Waals surface area contributed by atoms with Crippen LogP contribution in [-0.2, 0) is 9.84 Å². The minimum atomic E-state index is -4.35. The molecule has 1 heterocycles. The van der Waals surface area contributed by atoms with Crippen molar-refractivity contribution in [2.45, 2.75) is 16.7 Å². The molecule has 10 heteroatoms. The highest BCUT2D eigenvalue weighted by molar-refractivity contribution is 7.91. The molecule has 2 aromatic rings. The average molecular weight is 338 g/mol. The second kappa shape index (κ2) is 5.65. The molecule has 0 saturated carbocycles. The van der Waals surface area contributed by atoms with E-state index >= 15 is 0 Å². The van der Waals surface area contributed by atoms with E-state index < -0.39 is 37.0 Å². The van der Waals surface area contributed by atoms with Gasteiger partial charge < -0.3 is 5.11 Å². The highest BCUT2D eigenvalue weighted by atomic mass is 32.2. The normalized spacial score (nSPS) is 11.2. The Bertz CT molecular complexity index is 962. The first kappa shape index (κ1) is 16.4. The summed E-state index contributed by atoms with van der Waals surface area (Å²) >= 11 is 0. The zero-order chi connectivity index (χ0) is 17.4. The molecule has 0 bridgehead atoms. The van der Waals surface area contributed by atoms with Gasteiger partial charge in [0.15, 0.2) is 4.90 Å². The maximum Gasteiger partial charge on any atom is 0.418 e. The number of benzene rings is 1. The molecule has 23 heavy (non-hydrogen) atoms. The van der Waals surface area contributed by atoms with Crippen LogP contribution in [0.3, 0.4) is 0 Å². The summed E-state index contributed by atoms with van der Waals surface area (Å²) in [5.74, 6) is 0. The van der Waals surface area contributed by atoms with Crippen molar-refractivity contribution in [2.24, 2.45) is 0 Å². The predicted molar refractivity (Wildman–Crippen MR) is 77.4 cm³/mol. The summed E-state index contributed by atoms with van der Waals surface area (Å²) in [4.78, 5) is 32.0. The fourth-order valence-corrected chi connectivity index (χ4v) is 3.54. The van der Waals surface area contributed by atoms with Crippen molar-refractivity contribution in [1.29, 1.82) is 0 Å². The third-order valence-electron chi connectivity index (χ3n) is 3.05. The van der Waals surface area contributed by atoms with Crippen molar-refractivity contribution in [1.82, 2.24) is 4.57 Å². The van der Waals surface area contributed by atoms with Crippen molar-refractivity contribution in [2.75, 3.05) is 0 Å². The van der Waals surface area contributed by atoms with E-state index in [0.717, 1.165) is 6.07 Å². The van der Waals surface area contributed by atoms with Crippen LogP contribution < -0.4 is 5.56 Å². The van der Waals surface area contributed by atoms with Crippen LogP contribution in [-0.4, -0.2) is 29.1 Å². The molecule has 9 nitrogen and oxygen atoms in total. The fourth-order valence-electron chi connectivity index (χ4n) is 2.03. The Hall–Kier alpha value is -3.01. The minimum absolute atomic E-state index is 0.127. The fraction of sp³-hybridized carbons (Fsp3) is 0.0769. The molecule has 1 N–H and O–H groups in total. The lowest BCUT2D eigenvalue weighted by Crippen LogP contribution is -2.31. The molecule has 0 aliphatic rings. The molecule has 0 amide bonds. The molecule has 0 spiro atoms. The summed E-state index contributed by atoms with van der Waals surface area (Å²) < 4.78 is 25.2. The molecule has 0 atom stereocenters. The number of aryl methyl sites for hydroxylation is 1. The highest BCUT2D eigenvalue weighted by Crippen LogP contribution is 2.27. The monoisotopic (exact) mass is 338 g/mol. The van der Waals surface area contributed by atoms with Crippen LogP contribution in [0.5, 0.6) is 0 Å². The molecule has 0 aliphatic heterocycles. The average Bonchev–Trinajstić information content (AvgIpc) is 2.46. The SMILES string of the molecule is Cc1cc(S(=O)(=O)c2ccccc2)c([N+](=O)[O-])c(=O)n1C(=O)O. The Balaban J connectivity index is 2.92. The molecule has 1 aromatic heterocycles. The standard InChI is InChI=1S/C13H10N2O7S/c1-8-7-10(23(21,22)9-5-3-2-4-6-9)11(15(19)20)12(16)14(8)13(17)18/h2-7H,1H3,(H,17,18). The van der Waals surface area contributed by atoms with E-state index in [1.807, 2.05) is 0 Å². The molecule has 0 radical (unpaired) electrons. The van der Waals surface area contributed by atoms with Crippen molar-refractivity contribution in [3.63, 3.8) is 0 Å². The number of pyridine rings is 1. The van der Waals surface area contributed by atoms with Gasteiger partial charge in [-0.3, -0.25) is 14.9 Å². The van der Waals surface area contributed by atoms with Crippen molar-refractivity contribution >= 4 is 21.6 Å². The Morgan fingerprint density at radius 1 is 1.26 bits per heavy atom. The van der Waals surface area contributed by atoms with E-state index in [4.69, 9.17) is 5.11 Å². The van der Waals surface area contributed by atoms with Crippen molar-refractivity contribution in [3.05, 3.63) is 62.6 Å². The first-order valence-corrected chi connectivity index (χ1v) is 7.60. The molecular weight excluding hydrogens is 328 g/mol. The lowest BCUT2D eigenvalue weighted by Gasteiger charge is -2.09. The quantitative estimate of drug-likeness (QED) is 0.660. The lowest BCUT2D eigenvalue weighted by molar-refractivity contribution is -0.389. The minimum Gasteiger partial charge on any atom is -0.464 e. The van der Waals surface area contributed by atoms with Crippen LogP contribution in [0.25, 0.3) is 0 Å². The third kappa shape index (κ3) is 2.71. The number of nitro groups is 1. The summed E-state index contributed by atoms with van der Waals surface area (Å²) in [6.07, 6.45) is -1.74. The van der Waals surface area contributed by atoms with Gasteiger partial charge in [-0.2, -0.15) is 0 Å². The maximum absolute atomic E-state index is 12.5. The van der Waals surface area contributed by atoms with Crippen molar-refractivity contribution < 1.29 is 23.2 Å². The summed E-state index contributed by atoms with van der Waals surface area (Å²) in [5, 5.41) is 20.1. The van der Waals surface area contributed by atoms with Gasteiger partial charge in [0.2, 0.25) is 9.84 Å². The number of nitrogens with zero attached hydrogens (tertiary/aromatic N) is 2. The third-order valence-corrected chi connectivity index (χ3v) is 4.83. The van der Waals surface area contributed by atoms with Crippen LogP contribution in [0, 0.1) is 17.0 Å². The predicted octanol–water partition coefficient (Wildman–Crippen LogP) is 1.42. The summed E-state index contributed by atoms with van der Waals surface area (Å²) in [6, 6.07) is 7.64. The van der Waals surface area contributed by atoms with Crippen LogP contribution in [0.1, 0.15) is 5.69 Å². The lowest BCUT2D eigenvalue weighted by atomic mass is 10.3. The highest BCUT2D eigenvalue weighted by Gasteiger charge is 2.33. The van der Waals surface area contributed by atoms with Gasteiger partial charge in [-0.05, 0) is 25.1 Å². The van der Waals surface area contributed by atoms with E-state index in [9.17, 15) is 28.1 Å². The number of carboxylic acid groups (broad SMARTS) is 1. The van der Waals surface area contributed by atoms with Crippen LogP contribution in [0.4, 0.5) is 10.5 Å². The Morgan fingerprint density at radius 3 is 2.30 bits per heavy atom. The number of sulfone groups is 1. The maximum atomic E-state index is 12.5. The molecule has 0 fully saturated rings. The van der Waals surface area contributed by atoms with E-state index in [1.165, 1.54) is 31.2 Å². The van der Waals surface area contributed by atoms with Crippen LogP contribution in [0.2, 0.25) is 0 Å². The van der Waals surface area contributed by atoms with Crippen LogP contribution in [0.15, 0.2) is 51.0 Å². The molecular formula is C13H10N2O7S. The zero-order valence-corrected chi connectivity index (χ0v) is 12.5.